The highest BCUT2D eigenvalue weighted by molar-refractivity contribution is 6.30. The predicted octanol–water partition coefficient (Wildman–Crippen LogP) is 4.98. The molecule has 0 aliphatic carbocycles. The summed E-state index contributed by atoms with van der Waals surface area (Å²) in [6.45, 7) is 3.15. The zero-order valence-corrected chi connectivity index (χ0v) is 21.0. The number of fused-ring (bicyclic) bond motifs is 3. The van der Waals surface area contributed by atoms with Crippen molar-refractivity contribution in [1.29, 1.82) is 0 Å². The average molecular weight is 529 g/mol. The number of anilines is 1. The number of hydrogen-bond acceptors (Lipinski definition) is 4. The molecule has 1 amide bonds. The Kier molecular flexibility index (Phi) is 7.40. The number of carbonyl (C=O) groups is 1. The maximum Gasteiger partial charge on any atom is 0.416 e. The third-order valence-electron chi connectivity index (χ3n) is 7.19. The van der Waals surface area contributed by atoms with Crippen LogP contribution in [0.1, 0.15) is 22.4 Å². The van der Waals surface area contributed by atoms with Crippen molar-refractivity contribution >= 4 is 23.2 Å². The number of alkyl halides is 3. The summed E-state index contributed by atoms with van der Waals surface area (Å²) < 4.78 is 40.3. The summed E-state index contributed by atoms with van der Waals surface area (Å²) in [4.78, 5) is 22.1. The number of pyridine rings is 1. The Morgan fingerprint density at radius 2 is 1.89 bits per heavy atom. The summed E-state index contributed by atoms with van der Waals surface area (Å²) in [6, 6.07) is 17.1. The van der Waals surface area contributed by atoms with Crippen LogP contribution in [0.4, 0.5) is 18.9 Å². The fourth-order valence-corrected chi connectivity index (χ4v) is 5.47. The van der Waals surface area contributed by atoms with Crippen LogP contribution in [0, 0.1) is 5.92 Å². The number of benzene rings is 2. The number of nitrogens with zero attached hydrogens (tertiary/aromatic N) is 3. The lowest BCUT2D eigenvalue weighted by molar-refractivity contribution is -0.137. The van der Waals surface area contributed by atoms with Gasteiger partial charge in [-0.3, -0.25) is 14.7 Å². The summed E-state index contributed by atoms with van der Waals surface area (Å²) in [6.07, 6.45) is -1.86. The van der Waals surface area contributed by atoms with E-state index in [4.69, 9.17) is 11.6 Å². The first-order valence-corrected chi connectivity index (χ1v) is 12.8. The number of aromatic nitrogens is 1. The standard InChI is InChI=1S/C28H28ClF3N4O/c29-22-7-4-19(5-8-22)17-35-13-14-36-25-9-6-21(28(30,31)32)15-20(25)16-24(26(36)18-35)27(37)34-12-10-23-3-1-2-11-33-23/h1-9,11,15,24,26H,10,12-14,16-18H2,(H,34,37). The van der Waals surface area contributed by atoms with Gasteiger partial charge in [-0.25, -0.2) is 0 Å². The van der Waals surface area contributed by atoms with Crippen molar-refractivity contribution in [1.82, 2.24) is 15.2 Å². The van der Waals surface area contributed by atoms with E-state index < -0.39 is 17.7 Å². The minimum absolute atomic E-state index is 0.137. The molecule has 2 aromatic carbocycles. The third kappa shape index (κ3) is 5.91. The SMILES string of the molecule is O=C(NCCc1ccccn1)C1Cc2cc(C(F)(F)F)ccc2N2CCN(Cc3ccc(Cl)cc3)CC12. The third-order valence-corrected chi connectivity index (χ3v) is 7.44. The van der Waals surface area contributed by atoms with E-state index in [1.165, 1.54) is 6.07 Å². The number of carbonyl (C=O) groups excluding carboxylic acids is 1. The fraction of sp³-hybridized carbons (Fsp3) is 0.357. The summed E-state index contributed by atoms with van der Waals surface area (Å²) >= 11 is 6.03. The van der Waals surface area contributed by atoms with Crippen LogP contribution in [0.3, 0.4) is 0 Å². The second-order valence-electron chi connectivity index (χ2n) is 9.64. The smallest absolute Gasteiger partial charge is 0.365 e. The van der Waals surface area contributed by atoms with Gasteiger partial charge in [0.2, 0.25) is 5.91 Å². The minimum Gasteiger partial charge on any atom is -0.365 e. The van der Waals surface area contributed by atoms with Gasteiger partial charge in [0.1, 0.15) is 0 Å². The van der Waals surface area contributed by atoms with Gasteiger partial charge in [0, 0.05) is 61.7 Å². The number of amides is 1. The molecule has 3 heterocycles. The van der Waals surface area contributed by atoms with Crippen LogP contribution in [0.15, 0.2) is 66.9 Å². The molecule has 9 heteroatoms. The van der Waals surface area contributed by atoms with E-state index >= 15 is 0 Å². The van der Waals surface area contributed by atoms with Gasteiger partial charge in [-0.1, -0.05) is 29.8 Å². The van der Waals surface area contributed by atoms with Gasteiger partial charge in [0.05, 0.1) is 17.5 Å². The van der Waals surface area contributed by atoms with Crippen LogP contribution in [0.5, 0.6) is 0 Å². The molecule has 2 aliphatic heterocycles. The van der Waals surface area contributed by atoms with E-state index in [9.17, 15) is 18.0 Å². The largest absolute Gasteiger partial charge is 0.416 e. The lowest BCUT2D eigenvalue weighted by atomic mass is 9.82. The Labute approximate surface area is 219 Å². The Morgan fingerprint density at radius 1 is 1.08 bits per heavy atom. The monoisotopic (exact) mass is 528 g/mol. The average Bonchev–Trinajstić information content (AvgIpc) is 2.89. The Morgan fingerprint density at radius 3 is 2.62 bits per heavy atom. The second kappa shape index (κ2) is 10.7. The minimum atomic E-state index is -4.43. The van der Waals surface area contributed by atoms with Gasteiger partial charge in [0.25, 0.3) is 0 Å². The molecular formula is C28H28ClF3N4O. The molecule has 194 valence electrons. The van der Waals surface area contributed by atoms with Crippen LogP contribution in [0.2, 0.25) is 5.02 Å². The van der Waals surface area contributed by atoms with Crippen LogP contribution in [0.25, 0.3) is 0 Å². The molecule has 2 aliphatic rings. The maximum atomic E-state index is 13.4. The van der Waals surface area contributed by atoms with Gasteiger partial charge in [-0.2, -0.15) is 13.2 Å². The molecule has 37 heavy (non-hydrogen) atoms. The van der Waals surface area contributed by atoms with E-state index in [-0.39, 0.29) is 18.4 Å². The first-order chi connectivity index (χ1) is 17.8. The Balaban J connectivity index is 1.36. The van der Waals surface area contributed by atoms with Gasteiger partial charge in [-0.15, -0.1) is 0 Å². The van der Waals surface area contributed by atoms with E-state index in [0.29, 0.717) is 36.6 Å². The molecule has 0 saturated carbocycles. The Bertz CT molecular complexity index is 1240. The molecular weight excluding hydrogens is 501 g/mol. The molecule has 0 spiro atoms. The molecule has 1 N–H and O–H groups in total. The highest BCUT2D eigenvalue weighted by atomic mass is 35.5. The number of rotatable bonds is 6. The van der Waals surface area contributed by atoms with Gasteiger partial charge in [0.15, 0.2) is 0 Å². The summed E-state index contributed by atoms with van der Waals surface area (Å²) in [5.41, 5.74) is 2.68. The zero-order valence-electron chi connectivity index (χ0n) is 20.2. The summed E-state index contributed by atoms with van der Waals surface area (Å²) in [7, 11) is 0. The molecule has 5 rings (SSSR count). The normalized spacial score (nSPS) is 19.7. The summed E-state index contributed by atoms with van der Waals surface area (Å²) in [5.74, 6) is -0.602. The number of nitrogens with one attached hydrogen (secondary N) is 1. The zero-order chi connectivity index (χ0) is 26.0. The van der Waals surface area contributed by atoms with Crippen LogP contribution < -0.4 is 10.2 Å². The van der Waals surface area contributed by atoms with Crippen LogP contribution >= 0.6 is 11.6 Å². The van der Waals surface area contributed by atoms with Crippen molar-refractivity contribution in [2.75, 3.05) is 31.1 Å². The fourth-order valence-electron chi connectivity index (χ4n) is 5.34. The highest BCUT2D eigenvalue weighted by Crippen LogP contribution is 2.40. The van der Waals surface area contributed by atoms with E-state index in [2.05, 4.69) is 20.1 Å². The molecule has 5 nitrogen and oxygen atoms in total. The van der Waals surface area contributed by atoms with Crippen molar-refractivity contribution in [3.8, 4) is 0 Å². The lowest BCUT2D eigenvalue weighted by Gasteiger charge is -2.49. The van der Waals surface area contributed by atoms with Crippen molar-refractivity contribution in [3.63, 3.8) is 0 Å². The van der Waals surface area contributed by atoms with Crippen molar-refractivity contribution in [2.24, 2.45) is 5.92 Å². The second-order valence-corrected chi connectivity index (χ2v) is 10.1. The lowest BCUT2D eigenvalue weighted by Crippen LogP contribution is -2.61. The maximum absolute atomic E-state index is 13.4. The molecule has 1 aromatic heterocycles. The molecule has 0 radical (unpaired) electrons. The highest BCUT2D eigenvalue weighted by Gasteiger charge is 2.42. The first-order valence-electron chi connectivity index (χ1n) is 12.4. The number of halogens is 4. The predicted molar refractivity (Wildman–Crippen MR) is 137 cm³/mol. The molecule has 1 fully saturated rings. The van der Waals surface area contributed by atoms with Gasteiger partial charge < -0.3 is 10.2 Å². The van der Waals surface area contributed by atoms with Crippen LogP contribution in [-0.4, -0.2) is 48.0 Å². The number of piperazine rings is 1. The quantitative estimate of drug-likeness (QED) is 0.490. The van der Waals surface area contributed by atoms with E-state index in [0.717, 1.165) is 36.1 Å². The van der Waals surface area contributed by atoms with Crippen molar-refractivity contribution in [2.45, 2.75) is 31.6 Å². The van der Waals surface area contributed by atoms with Crippen molar-refractivity contribution in [3.05, 3.63) is 94.3 Å². The molecule has 3 aromatic rings. The topological polar surface area (TPSA) is 48.5 Å². The molecule has 0 bridgehead atoms. The first kappa shape index (κ1) is 25.5. The van der Waals surface area contributed by atoms with E-state index in [1.54, 1.807) is 12.3 Å². The Hall–Kier alpha value is -3.10. The van der Waals surface area contributed by atoms with Gasteiger partial charge >= 0.3 is 6.18 Å². The van der Waals surface area contributed by atoms with Crippen LogP contribution in [-0.2, 0) is 30.4 Å². The summed E-state index contributed by atoms with van der Waals surface area (Å²) in [5, 5.41) is 3.70. The van der Waals surface area contributed by atoms with E-state index in [1.807, 2.05) is 42.5 Å². The number of hydrogen-bond donors (Lipinski definition) is 1. The molecule has 2 unspecified atom stereocenters. The molecule has 1 saturated heterocycles. The van der Waals surface area contributed by atoms with Gasteiger partial charge in [-0.05, 0) is 60.0 Å². The van der Waals surface area contributed by atoms with Crippen molar-refractivity contribution < 1.29 is 18.0 Å². The molecule has 2 atom stereocenters.